The Balaban J connectivity index is 1.65. The highest BCUT2D eigenvalue weighted by Crippen LogP contribution is 2.24. The molecule has 9 heteroatoms. The molecule has 0 atom stereocenters. The van der Waals surface area contributed by atoms with Crippen molar-refractivity contribution in [1.82, 2.24) is 4.90 Å². The summed E-state index contributed by atoms with van der Waals surface area (Å²) in [6.07, 6.45) is 0. The number of amides is 1. The number of nitrogens with one attached hydrogen (secondary N) is 1. The molecular weight excluding hydrogens is 404 g/mol. The first-order valence-electron chi connectivity index (χ1n) is 8.72. The van der Waals surface area contributed by atoms with Crippen LogP contribution in [0.3, 0.4) is 0 Å². The zero-order chi connectivity index (χ0) is 20.1. The van der Waals surface area contributed by atoms with E-state index in [1.54, 1.807) is 42.2 Å². The molecule has 1 aliphatic heterocycles. The van der Waals surface area contributed by atoms with Crippen molar-refractivity contribution in [3.05, 3.63) is 53.1 Å². The molecule has 0 aromatic heterocycles. The lowest BCUT2D eigenvalue weighted by molar-refractivity contribution is -0.137. The lowest BCUT2D eigenvalue weighted by Crippen LogP contribution is -2.43. The van der Waals surface area contributed by atoms with Crippen LogP contribution in [0.5, 0.6) is 5.75 Å². The van der Waals surface area contributed by atoms with Crippen molar-refractivity contribution in [3.8, 4) is 5.75 Å². The van der Waals surface area contributed by atoms with Crippen molar-refractivity contribution in [2.24, 2.45) is 0 Å². The van der Waals surface area contributed by atoms with Crippen LogP contribution in [0.2, 0.25) is 5.02 Å². The Morgan fingerprint density at radius 2 is 1.86 bits per heavy atom. The van der Waals surface area contributed by atoms with Gasteiger partial charge in [-0.3, -0.25) is 9.52 Å². The van der Waals surface area contributed by atoms with Gasteiger partial charge in [0.1, 0.15) is 5.75 Å². The van der Waals surface area contributed by atoms with Gasteiger partial charge in [-0.25, -0.2) is 8.42 Å². The average molecular weight is 425 g/mol. The van der Waals surface area contributed by atoms with Gasteiger partial charge in [0.25, 0.3) is 15.9 Å². The maximum Gasteiger partial charge on any atom is 0.261 e. The monoisotopic (exact) mass is 424 g/mol. The van der Waals surface area contributed by atoms with Gasteiger partial charge in [-0.15, -0.1) is 0 Å². The Bertz CT molecular complexity index is 941. The fourth-order valence-corrected chi connectivity index (χ4v) is 4.00. The number of aryl methyl sites for hydroxylation is 1. The Morgan fingerprint density at radius 3 is 2.50 bits per heavy atom. The summed E-state index contributed by atoms with van der Waals surface area (Å²) in [5, 5.41) is 0.520. The van der Waals surface area contributed by atoms with Gasteiger partial charge in [0.15, 0.2) is 6.61 Å². The van der Waals surface area contributed by atoms with Crippen molar-refractivity contribution in [1.29, 1.82) is 0 Å². The number of rotatable bonds is 6. The number of benzene rings is 2. The Kier molecular flexibility index (Phi) is 6.43. The van der Waals surface area contributed by atoms with Crippen LogP contribution < -0.4 is 9.46 Å². The molecule has 0 saturated carbocycles. The minimum atomic E-state index is -3.75. The van der Waals surface area contributed by atoms with E-state index in [1.165, 1.54) is 12.1 Å². The number of hydrogen-bond acceptors (Lipinski definition) is 5. The number of nitrogens with zero attached hydrogens (tertiary/aromatic N) is 1. The molecular formula is C19H21ClN2O5S. The van der Waals surface area contributed by atoms with Gasteiger partial charge >= 0.3 is 0 Å². The summed E-state index contributed by atoms with van der Waals surface area (Å²) in [4.78, 5) is 14.0. The molecule has 1 N–H and O–H groups in total. The third-order valence-corrected chi connectivity index (χ3v) is 5.90. The Morgan fingerprint density at radius 1 is 1.18 bits per heavy atom. The number of morpholine rings is 1. The van der Waals surface area contributed by atoms with Crippen molar-refractivity contribution < 1.29 is 22.7 Å². The van der Waals surface area contributed by atoms with E-state index >= 15 is 0 Å². The summed E-state index contributed by atoms with van der Waals surface area (Å²) >= 11 is 5.82. The lowest BCUT2D eigenvalue weighted by Gasteiger charge is -2.26. The second-order valence-corrected chi connectivity index (χ2v) is 8.44. The quantitative estimate of drug-likeness (QED) is 0.770. The SMILES string of the molecule is Cc1cc(S(=O)(=O)Nc2ccc(Cl)cc2)ccc1OCC(=O)N1CCOCC1. The molecule has 1 aliphatic rings. The zero-order valence-corrected chi connectivity index (χ0v) is 16.9. The van der Waals surface area contributed by atoms with E-state index in [1.807, 2.05) is 0 Å². The van der Waals surface area contributed by atoms with Crippen LogP contribution in [0, 0.1) is 6.92 Å². The second-order valence-electron chi connectivity index (χ2n) is 6.32. The highest BCUT2D eigenvalue weighted by Gasteiger charge is 2.19. The molecule has 1 heterocycles. The van der Waals surface area contributed by atoms with Gasteiger partial charge in [0.2, 0.25) is 0 Å². The van der Waals surface area contributed by atoms with Gasteiger partial charge in [-0.2, -0.15) is 0 Å². The largest absolute Gasteiger partial charge is 0.483 e. The van der Waals surface area contributed by atoms with Crippen LogP contribution in [0.1, 0.15) is 5.56 Å². The number of anilines is 1. The topological polar surface area (TPSA) is 84.9 Å². The fourth-order valence-electron chi connectivity index (χ4n) is 2.73. The van der Waals surface area contributed by atoms with E-state index in [0.717, 1.165) is 0 Å². The minimum absolute atomic E-state index is 0.101. The molecule has 3 rings (SSSR count). The maximum absolute atomic E-state index is 12.6. The number of sulfonamides is 1. The highest BCUT2D eigenvalue weighted by atomic mass is 35.5. The fraction of sp³-hybridized carbons (Fsp3) is 0.316. The molecule has 0 unspecified atom stereocenters. The van der Waals surface area contributed by atoms with Crippen molar-refractivity contribution in [3.63, 3.8) is 0 Å². The van der Waals surface area contributed by atoms with E-state index in [0.29, 0.717) is 48.3 Å². The van der Waals surface area contributed by atoms with E-state index < -0.39 is 10.0 Å². The van der Waals surface area contributed by atoms with Gasteiger partial charge in [0, 0.05) is 23.8 Å². The van der Waals surface area contributed by atoms with Crippen LogP contribution in [0.25, 0.3) is 0 Å². The van der Waals surface area contributed by atoms with Gasteiger partial charge in [-0.05, 0) is 55.0 Å². The van der Waals surface area contributed by atoms with Crippen LogP contribution in [0.15, 0.2) is 47.4 Å². The molecule has 0 radical (unpaired) electrons. The summed E-state index contributed by atoms with van der Waals surface area (Å²) < 4.78 is 38.4. The number of ether oxygens (including phenoxy) is 2. The summed E-state index contributed by atoms with van der Waals surface area (Å²) in [5.41, 5.74) is 1.03. The predicted molar refractivity (Wildman–Crippen MR) is 106 cm³/mol. The van der Waals surface area contributed by atoms with Crippen molar-refractivity contribution in [2.75, 3.05) is 37.6 Å². The van der Waals surface area contributed by atoms with Crippen molar-refractivity contribution in [2.45, 2.75) is 11.8 Å². The third kappa shape index (κ3) is 5.15. The molecule has 7 nitrogen and oxygen atoms in total. The number of carbonyl (C=O) groups is 1. The maximum atomic E-state index is 12.6. The summed E-state index contributed by atoms with van der Waals surface area (Å²) in [7, 11) is -3.75. The van der Waals surface area contributed by atoms with Crippen LogP contribution in [-0.4, -0.2) is 52.1 Å². The standard InChI is InChI=1S/C19H21ClN2O5S/c1-14-12-17(28(24,25)21-16-4-2-15(20)3-5-16)6-7-18(14)27-13-19(23)22-8-10-26-11-9-22/h2-7,12,21H,8-11,13H2,1H3. The van der Waals surface area contributed by atoms with Gasteiger partial charge < -0.3 is 14.4 Å². The average Bonchev–Trinajstić information content (AvgIpc) is 2.69. The minimum Gasteiger partial charge on any atom is -0.483 e. The first-order valence-corrected chi connectivity index (χ1v) is 10.6. The number of carbonyl (C=O) groups excluding carboxylic acids is 1. The van der Waals surface area contributed by atoms with E-state index in [-0.39, 0.29) is 17.4 Å². The first kappa shape index (κ1) is 20.4. The van der Waals surface area contributed by atoms with Crippen LogP contribution in [-0.2, 0) is 19.6 Å². The molecule has 2 aromatic rings. The van der Waals surface area contributed by atoms with Gasteiger partial charge in [-0.1, -0.05) is 11.6 Å². The zero-order valence-electron chi connectivity index (χ0n) is 15.4. The number of halogens is 1. The van der Waals surface area contributed by atoms with E-state index in [4.69, 9.17) is 21.1 Å². The Hall–Kier alpha value is -2.29. The molecule has 0 spiro atoms. The van der Waals surface area contributed by atoms with Crippen LogP contribution >= 0.6 is 11.6 Å². The summed E-state index contributed by atoms with van der Waals surface area (Å²) in [5.74, 6) is 0.343. The Labute approximate surface area is 169 Å². The molecule has 150 valence electrons. The molecule has 1 saturated heterocycles. The molecule has 0 aliphatic carbocycles. The summed E-state index contributed by atoms with van der Waals surface area (Å²) in [6.45, 7) is 3.78. The first-order chi connectivity index (χ1) is 13.3. The molecule has 0 bridgehead atoms. The third-order valence-electron chi connectivity index (χ3n) is 4.27. The molecule has 1 fully saturated rings. The summed E-state index contributed by atoms with van der Waals surface area (Å²) in [6, 6.07) is 10.9. The molecule has 1 amide bonds. The predicted octanol–water partition coefficient (Wildman–Crippen LogP) is 2.69. The normalized spacial score (nSPS) is 14.6. The highest BCUT2D eigenvalue weighted by molar-refractivity contribution is 7.92. The van der Waals surface area contributed by atoms with Crippen LogP contribution in [0.4, 0.5) is 5.69 Å². The second kappa shape index (κ2) is 8.81. The lowest BCUT2D eigenvalue weighted by atomic mass is 10.2. The van der Waals surface area contributed by atoms with Crippen molar-refractivity contribution >= 4 is 33.2 Å². The van der Waals surface area contributed by atoms with Gasteiger partial charge in [0.05, 0.1) is 18.1 Å². The smallest absolute Gasteiger partial charge is 0.261 e. The number of hydrogen-bond donors (Lipinski definition) is 1. The van der Waals surface area contributed by atoms with E-state index in [9.17, 15) is 13.2 Å². The molecule has 2 aromatic carbocycles. The molecule has 28 heavy (non-hydrogen) atoms. The van der Waals surface area contributed by atoms with E-state index in [2.05, 4.69) is 4.72 Å².